The molecule has 0 saturated heterocycles. The van der Waals surface area contributed by atoms with Crippen LogP contribution < -0.4 is 0 Å². The van der Waals surface area contributed by atoms with Gasteiger partial charge in [-0.1, -0.05) is 233 Å². The third-order valence-electron chi connectivity index (χ3n) is 11.3. The van der Waals surface area contributed by atoms with Gasteiger partial charge in [0.25, 0.3) is 0 Å². The summed E-state index contributed by atoms with van der Waals surface area (Å²) in [5, 5.41) is 0. The van der Waals surface area contributed by atoms with Crippen molar-refractivity contribution in [1.29, 1.82) is 0 Å². The molecule has 0 spiro atoms. The fourth-order valence-electron chi connectivity index (χ4n) is 7.18. The number of carbonyl (C=O) groups excluding carboxylic acids is 3. The van der Waals surface area contributed by atoms with E-state index in [-0.39, 0.29) is 44.0 Å². The van der Waals surface area contributed by atoms with E-state index in [9.17, 15) is 14.4 Å². The van der Waals surface area contributed by atoms with E-state index in [2.05, 4.69) is 130 Å². The maximum Gasteiger partial charge on any atom is 0.306 e. The fraction of sp³-hybridized carbons (Fsp3) is 0.656. The third-order valence-corrected chi connectivity index (χ3v) is 11.3. The van der Waals surface area contributed by atoms with E-state index in [0.717, 1.165) is 83.5 Å². The molecule has 0 unspecified atom stereocenters. The molecule has 0 fully saturated rings. The fourth-order valence-corrected chi connectivity index (χ4v) is 7.18. The number of rotatable bonds is 48. The second kappa shape index (κ2) is 54.7. The average molecular weight is 929 g/mol. The van der Waals surface area contributed by atoms with Gasteiger partial charge >= 0.3 is 17.9 Å². The lowest BCUT2D eigenvalue weighted by Crippen LogP contribution is -2.30. The Morgan fingerprint density at radius 3 is 0.970 bits per heavy atom. The van der Waals surface area contributed by atoms with Gasteiger partial charge in [0.1, 0.15) is 13.2 Å². The summed E-state index contributed by atoms with van der Waals surface area (Å²) < 4.78 is 16.7. The number of esters is 3. The molecule has 0 radical (unpaired) electrons. The van der Waals surface area contributed by atoms with Crippen LogP contribution in [0, 0.1) is 0 Å². The second-order valence-corrected chi connectivity index (χ2v) is 17.8. The van der Waals surface area contributed by atoms with Crippen LogP contribution in [0.15, 0.2) is 109 Å². The summed E-state index contributed by atoms with van der Waals surface area (Å²) in [6.45, 7) is 6.40. The molecule has 6 nitrogen and oxygen atoms in total. The monoisotopic (exact) mass is 929 g/mol. The van der Waals surface area contributed by atoms with Crippen LogP contribution in [0.3, 0.4) is 0 Å². The number of ether oxygens (including phenoxy) is 3. The molecule has 0 aromatic carbocycles. The lowest BCUT2D eigenvalue weighted by atomic mass is 10.0. The molecule has 0 aliphatic heterocycles. The molecule has 0 aromatic rings. The zero-order valence-corrected chi connectivity index (χ0v) is 43.4. The minimum Gasteiger partial charge on any atom is -0.462 e. The van der Waals surface area contributed by atoms with E-state index in [0.29, 0.717) is 19.3 Å². The number of hydrogen-bond donors (Lipinski definition) is 0. The van der Waals surface area contributed by atoms with Crippen LogP contribution in [0.25, 0.3) is 0 Å². The molecule has 0 aromatic heterocycles. The average Bonchev–Trinajstić information content (AvgIpc) is 3.33. The van der Waals surface area contributed by atoms with Crippen LogP contribution in [0.2, 0.25) is 0 Å². The summed E-state index contributed by atoms with van der Waals surface area (Å²) in [5.41, 5.74) is 0. The van der Waals surface area contributed by atoms with Crippen LogP contribution in [-0.4, -0.2) is 37.2 Å². The van der Waals surface area contributed by atoms with Crippen molar-refractivity contribution < 1.29 is 28.6 Å². The largest absolute Gasteiger partial charge is 0.462 e. The van der Waals surface area contributed by atoms with Crippen LogP contribution in [-0.2, 0) is 28.6 Å². The maximum absolute atomic E-state index is 12.8. The standard InChI is InChI=1S/C61H100O6/c1-4-7-10-13-16-19-22-25-28-30-33-36-39-42-45-48-51-54-60(63)66-57-58(56-65-59(62)53-50-47-44-41-38-35-32-27-24-21-18-15-12-9-6-3)67-61(64)55-52-49-46-43-40-37-34-31-29-26-23-20-17-14-11-8-5-2/h7,10,16-17,19-20,25-26,28-29,33-34,36-37,42-43,45-46,58H,4-6,8-9,11-15,18,21-24,27,30-32,35,38-41,44,47-57H2,1-3H3/b10-7-,19-16-,20-17-,28-25-,29-26-,36-33-,37-34-,45-42-,46-43-/t58-/m1/s1. The molecule has 0 aliphatic rings. The zero-order chi connectivity index (χ0) is 48.6. The van der Waals surface area contributed by atoms with E-state index in [1.165, 1.54) is 103 Å². The van der Waals surface area contributed by atoms with E-state index in [1.807, 2.05) is 0 Å². The highest BCUT2D eigenvalue weighted by molar-refractivity contribution is 5.71. The molecule has 0 rings (SSSR count). The van der Waals surface area contributed by atoms with Crippen molar-refractivity contribution in [2.75, 3.05) is 13.2 Å². The minimum absolute atomic E-state index is 0.117. The first kappa shape index (κ1) is 63.1. The minimum atomic E-state index is -0.830. The molecule has 0 bridgehead atoms. The Balaban J connectivity index is 4.57. The number of allylic oxidation sites excluding steroid dienone is 18. The maximum atomic E-state index is 12.8. The summed E-state index contributed by atoms with van der Waals surface area (Å²) in [5.74, 6) is -1.04. The first-order valence-corrected chi connectivity index (χ1v) is 27.4. The Labute approximate surface area is 412 Å². The molecular weight excluding hydrogens is 829 g/mol. The SMILES string of the molecule is CC/C=C\C/C=C\C/C=C\C/C=C\C/C=C\CCCC(=O)OC[C@@H](COC(=O)CCCCCCCCCCCCCCCCC)OC(=O)CCC/C=C\C/C=C\C/C=C\C/C=C\CCCCC. The van der Waals surface area contributed by atoms with Crippen LogP contribution in [0.4, 0.5) is 0 Å². The van der Waals surface area contributed by atoms with Gasteiger partial charge in [0.05, 0.1) is 0 Å². The molecule has 0 amide bonds. The van der Waals surface area contributed by atoms with Gasteiger partial charge in [0.15, 0.2) is 6.10 Å². The summed E-state index contributed by atoms with van der Waals surface area (Å²) >= 11 is 0. The normalized spacial score (nSPS) is 12.9. The Hall–Kier alpha value is -3.93. The van der Waals surface area contributed by atoms with Gasteiger partial charge in [-0.05, 0) is 96.3 Å². The van der Waals surface area contributed by atoms with Gasteiger partial charge in [-0.15, -0.1) is 0 Å². The lowest BCUT2D eigenvalue weighted by Gasteiger charge is -2.18. The summed E-state index contributed by atoms with van der Waals surface area (Å²) in [6, 6.07) is 0. The molecule has 1 atom stereocenters. The Kier molecular flexibility index (Phi) is 51.5. The van der Waals surface area contributed by atoms with Gasteiger partial charge in [-0.3, -0.25) is 14.4 Å². The van der Waals surface area contributed by atoms with Crippen molar-refractivity contribution >= 4 is 17.9 Å². The third kappa shape index (κ3) is 52.9. The number of carbonyl (C=O) groups is 3. The van der Waals surface area contributed by atoms with Crippen LogP contribution in [0.5, 0.6) is 0 Å². The highest BCUT2D eigenvalue weighted by Crippen LogP contribution is 2.15. The van der Waals surface area contributed by atoms with E-state index >= 15 is 0 Å². The predicted molar refractivity (Wildman–Crippen MR) is 288 cm³/mol. The lowest BCUT2D eigenvalue weighted by molar-refractivity contribution is -0.167. The van der Waals surface area contributed by atoms with Gasteiger partial charge < -0.3 is 14.2 Å². The molecular formula is C61H100O6. The van der Waals surface area contributed by atoms with Crippen molar-refractivity contribution in [1.82, 2.24) is 0 Å². The molecule has 0 saturated carbocycles. The molecule has 0 aliphatic carbocycles. The summed E-state index contributed by atoms with van der Waals surface area (Å²) in [7, 11) is 0. The molecule has 0 heterocycles. The van der Waals surface area contributed by atoms with E-state index in [1.54, 1.807) is 0 Å². The van der Waals surface area contributed by atoms with Gasteiger partial charge in [-0.25, -0.2) is 0 Å². The van der Waals surface area contributed by atoms with Crippen LogP contribution >= 0.6 is 0 Å². The molecule has 67 heavy (non-hydrogen) atoms. The Morgan fingerprint density at radius 2 is 0.597 bits per heavy atom. The second-order valence-electron chi connectivity index (χ2n) is 17.8. The van der Waals surface area contributed by atoms with Crippen molar-refractivity contribution in [2.45, 2.75) is 245 Å². The highest BCUT2D eigenvalue weighted by atomic mass is 16.6. The first-order valence-electron chi connectivity index (χ1n) is 27.4. The van der Waals surface area contributed by atoms with Gasteiger partial charge in [0.2, 0.25) is 0 Å². The van der Waals surface area contributed by atoms with E-state index in [4.69, 9.17) is 14.2 Å². The molecule has 6 heteroatoms. The van der Waals surface area contributed by atoms with Crippen molar-refractivity contribution in [2.24, 2.45) is 0 Å². The smallest absolute Gasteiger partial charge is 0.306 e. The number of unbranched alkanes of at least 4 members (excludes halogenated alkanes) is 19. The topological polar surface area (TPSA) is 78.9 Å². The zero-order valence-electron chi connectivity index (χ0n) is 43.4. The molecule has 0 N–H and O–H groups in total. The van der Waals surface area contributed by atoms with Crippen LogP contribution in [0.1, 0.15) is 239 Å². The van der Waals surface area contributed by atoms with Crippen molar-refractivity contribution in [3.63, 3.8) is 0 Å². The van der Waals surface area contributed by atoms with Gasteiger partial charge in [-0.2, -0.15) is 0 Å². The highest BCUT2D eigenvalue weighted by Gasteiger charge is 2.19. The van der Waals surface area contributed by atoms with E-state index < -0.39 is 6.10 Å². The Bertz CT molecular complexity index is 1390. The van der Waals surface area contributed by atoms with Crippen molar-refractivity contribution in [3.05, 3.63) is 109 Å². The van der Waals surface area contributed by atoms with Crippen molar-refractivity contribution in [3.8, 4) is 0 Å². The molecule has 380 valence electrons. The predicted octanol–water partition coefficient (Wildman–Crippen LogP) is 18.3. The number of hydrogen-bond acceptors (Lipinski definition) is 6. The first-order chi connectivity index (χ1) is 33.0. The van der Waals surface area contributed by atoms with Gasteiger partial charge in [0, 0.05) is 19.3 Å². The Morgan fingerprint density at radius 1 is 0.313 bits per heavy atom. The quantitative estimate of drug-likeness (QED) is 0.0262. The summed E-state index contributed by atoms with van der Waals surface area (Å²) in [6.07, 6.45) is 73.7. The summed E-state index contributed by atoms with van der Waals surface area (Å²) in [4.78, 5) is 38.0.